The maximum atomic E-state index is 13.2. The Morgan fingerprint density at radius 3 is 2.31 bits per heavy atom. The summed E-state index contributed by atoms with van der Waals surface area (Å²) in [6.45, 7) is 8.81. The van der Waals surface area contributed by atoms with Crippen LogP contribution in [-0.4, -0.2) is 20.2 Å². The number of carbonyl (C=O) groups is 1. The van der Waals surface area contributed by atoms with Crippen LogP contribution in [0.25, 0.3) is 11.1 Å². The minimum Gasteiger partial charge on any atom is -0.478 e. The zero-order chi connectivity index (χ0) is 23.4. The van der Waals surface area contributed by atoms with Crippen LogP contribution < -0.4 is 5.69 Å². The fraction of sp³-hybridized carbons (Fsp3) is 0.385. The largest absolute Gasteiger partial charge is 0.478 e. The summed E-state index contributed by atoms with van der Waals surface area (Å²) in [6, 6.07) is 14.7. The topological polar surface area (TPSA) is 64.2 Å². The van der Waals surface area contributed by atoms with Crippen LogP contribution in [-0.2, 0) is 13.0 Å². The maximum Gasteiger partial charge on any atom is 0.336 e. The molecule has 0 amide bonds. The lowest BCUT2D eigenvalue weighted by molar-refractivity contribution is 0.0697. The highest BCUT2D eigenvalue weighted by Crippen LogP contribution is 2.26. The molecule has 5 nitrogen and oxygen atoms in total. The molecular weight excluding hydrogens is 424 g/mol. The minimum absolute atomic E-state index is 0.0314. The maximum absolute atomic E-state index is 13.2. The molecule has 0 aliphatic heterocycles. The van der Waals surface area contributed by atoms with Crippen molar-refractivity contribution in [3.05, 3.63) is 81.0 Å². The molecule has 0 aliphatic rings. The third kappa shape index (κ3) is 4.99. The van der Waals surface area contributed by atoms with E-state index < -0.39 is 5.97 Å². The van der Waals surface area contributed by atoms with E-state index in [0.29, 0.717) is 23.2 Å². The summed E-state index contributed by atoms with van der Waals surface area (Å²) < 4.78 is 3.49. The molecule has 1 N–H and O–H groups in total. The van der Waals surface area contributed by atoms with E-state index in [4.69, 9.17) is 11.6 Å². The lowest BCUT2D eigenvalue weighted by atomic mass is 9.98. The third-order valence-corrected chi connectivity index (χ3v) is 6.37. The summed E-state index contributed by atoms with van der Waals surface area (Å²) in [4.78, 5) is 24.8. The number of benzene rings is 2. The zero-order valence-corrected chi connectivity index (χ0v) is 19.9. The predicted molar refractivity (Wildman–Crippen MR) is 130 cm³/mol. The average molecular weight is 455 g/mol. The van der Waals surface area contributed by atoms with Gasteiger partial charge in [0.1, 0.15) is 5.15 Å². The second-order valence-corrected chi connectivity index (χ2v) is 9.07. The van der Waals surface area contributed by atoms with Gasteiger partial charge < -0.3 is 5.11 Å². The van der Waals surface area contributed by atoms with Crippen LogP contribution in [0.2, 0.25) is 5.15 Å². The molecule has 0 saturated heterocycles. The smallest absolute Gasteiger partial charge is 0.336 e. The Balaban J connectivity index is 1.96. The minimum atomic E-state index is -0.952. The normalized spacial score (nSPS) is 12.3. The highest BCUT2D eigenvalue weighted by atomic mass is 35.5. The van der Waals surface area contributed by atoms with Crippen molar-refractivity contribution >= 4 is 17.6 Å². The van der Waals surface area contributed by atoms with Crippen molar-refractivity contribution in [2.75, 3.05) is 0 Å². The molecule has 1 aromatic heterocycles. The first kappa shape index (κ1) is 23.9. The van der Waals surface area contributed by atoms with Crippen LogP contribution in [0.3, 0.4) is 0 Å². The number of rotatable bonds is 9. The lowest BCUT2D eigenvalue weighted by Crippen LogP contribution is -2.27. The molecule has 3 aromatic rings. The van der Waals surface area contributed by atoms with Crippen LogP contribution in [0.15, 0.2) is 53.3 Å². The van der Waals surface area contributed by atoms with Crippen LogP contribution in [0.4, 0.5) is 0 Å². The van der Waals surface area contributed by atoms with E-state index in [1.807, 2.05) is 44.2 Å². The molecular formula is C26H31ClN2O3. The summed E-state index contributed by atoms with van der Waals surface area (Å²) in [6.07, 6.45) is 2.53. The summed E-state index contributed by atoms with van der Waals surface area (Å²) in [5, 5.41) is 10.0. The van der Waals surface area contributed by atoms with Crippen molar-refractivity contribution in [1.82, 2.24) is 9.13 Å². The number of imidazole rings is 1. The fourth-order valence-corrected chi connectivity index (χ4v) is 4.30. The van der Waals surface area contributed by atoms with Gasteiger partial charge in [-0.05, 0) is 54.9 Å². The molecule has 170 valence electrons. The lowest BCUT2D eigenvalue weighted by Gasteiger charge is -2.11. The monoisotopic (exact) mass is 454 g/mol. The Morgan fingerprint density at radius 1 is 1.06 bits per heavy atom. The molecule has 0 aliphatic carbocycles. The van der Waals surface area contributed by atoms with Crippen LogP contribution in [0, 0.1) is 5.92 Å². The highest BCUT2D eigenvalue weighted by molar-refractivity contribution is 6.30. The number of aromatic carboxylic acids is 1. The number of halogens is 1. The number of nitrogens with zero attached hydrogens (tertiary/aromatic N) is 2. The van der Waals surface area contributed by atoms with Gasteiger partial charge in [0, 0.05) is 6.04 Å². The molecule has 1 unspecified atom stereocenters. The fourth-order valence-electron chi connectivity index (χ4n) is 3.86. The van der Waals surface area contributed by atoms with Gasteiger partial charge in [-0.2, -0.15) is 0 Å². The van der Waals surface area contributed by atoms with Crippen molar-refractivity contribution in [1.29, 1.82) is 0 Å². The van der Waals surface area contributed by atoms with E-state index in [9.17, 15) is 14.7 Å². The average Bonchev–Trinajstić information content (AvgIpc) is 3.01. The summed E-state index contributed by atoms with van der Waals surface area (Å²) >= 11 is 6.70. The highest BCUT2D eigenvalue weighted by Gasteiger charge is 2.21. The third-order valence-electron chi connectivity index (χ3n) is 5.97. The van der Waals surface area contributed by atoms with Gasteiger partial charge in [-0.3, -0.25) is 9.13 Å². The first-order chi connectivity index (χ1) is 15.2. The zero-order valence-electron chi connectivity index (χ0n) is 19.1. The SMILES string of the molecule is CCC(C)n1c(Cl)c(CCC(C)C)n(Cc2ccc(-c3ccccc3C(=O)O)cc2)c1=O. The van der Waals surface area contributed by atoms with Crippen LogP contribution in [0.5, 0.6) is 0 Å². The van der Waals surface area contributed by atoms with E-state index in [2.05, 4.69) is 13.8 Å². The van der Waals surface area contributed by atoms with Gasteiger partial charge in [0.25, 0.3) is 0 Å². The summed E-state index contributed by atoms with van der Waals surface area (Å²) in [5.41, 5.74) is 3.54. The Hall–Kier alpha value is -2.79. The van der Waals surface area contributed by atoms with Crippen molar-refractivity contribution in [3.8, 4) is 11.1 Å². The van der Waals surface area contributed by atoms with Crippen molar-refractivity contribution < 1.29 is 9.90 Å². The van der Waals surface area contributed by atoms with Crippen molar-refractivity contribution in [2.45, 2.75) is 59.5 Å². The number of hydrogen-bond acceptors (Lipinski definition) is 2. The number of carboxylic acids is 1. The summed E-state index contributed by atoms with van der Waals surface area (Å²) in [5.74, 6) is -0.442. The molecule has 0 radical (unpaired) electrons. The second kappa shape index (κ2) is 10.2. The molecule has 3 rings (SSSR count). The first-order valence-corrected chi connectivity index (χ1v) is 11.5. The van der Waals surface area contributed by atoms with Gasteiger partial charge in [-0.25, -0.2) is 9.59 Å². The molecule has 6 heteroatoms. The Kier molecular flexibility index (Phi) is 7.62. The Labute approximate surface area is 194 Å². The molecule has 1 atom stereocenters. The van der Waals surface area contributed by atoms with Gasteiger partial charge >= 0.3 is 11.7 Å². The first-order valence-electron chi connectivity index (χ1n) is 11.2. The quantitative estimate of drug-likeness (QED) is 0.414. The Bertz CT molecular complexity index is 1140. The van der Waals surface area contributed by atoms with Gasteiger partial charge in [-0.15, -0.1) is 0 Å². The van der Waals surface area contributed by atoms with E-state index in [-0.39, 0.29) is 17.3 Å². The summed E-state index contributed by atoms with van der Waals surface area (Å²) in [7, 11) is 0. The van der Waals surface area contributed by atoms with Gasteiger partial charge in [-0.1, -0.05) is 74.8 Å². The van der Waals surface area contributed by atoms with E-state index in [1.165, 1.54) is 0 Å². The van der Waals surface area contributed by atoms with Crippen LogP contribution in [0.1, 0.15) is 68.2 Å². The molecule has 0 saturated carbocycles. The van der Waals surface area contributed by atoms with E-state index >= 15 is 0 Å². The van der Waals surface area contributed by atoms with Gasteiger partial charge in [0.05, 0.1) is 17.8 Å². The molecule has 32 heavy (non-hydrogen) atoms. The van der Waals surface area contributed by atoms with Crippen molar-refractivity contribution in [2.24, 2.45) is 5.92 Å². The van der Waals surface area contributed by atoms with Gasteiger partial charge in [0.2, 0.25) is 0 Å². The second-order valence-electron chi connectivity index (χ2n) is 8.71. The van der Waals surface area contributed by atoms with E-state index in [1.54, 1.807) is 27.3 Å². The number of carboxylic acid groups (broad SMARTS) is 1. The van der Waals surface area contributed by atoms with Crippen LogP contribution >= 0.6 is 11.6 Å². The molecule has 0 fully saturated rings. The molecule has 2 aromatic carbocycles. The Morgan fingerprint density at radius 2 is 1.72 bits per heavy atom. The van der Waals surface area contributed by atoms with E-state index in [0.717, 1.165) is 36.1 Å². The molecule has 0 bridgehead atoms. The molecule has 0 spiro atoms. The van der Waals surface area contributed by atoms with Crippen molar-refractivity contribution in [3.63, 3.8) is 0 Å². The molecule has 1 heterocycles. The predicted octanol–water partition coefficient (Wildman–Crippen LogP) is 6.28. The standard InChI is InChI=1S/C26H31ClN2O3/c1-5-18(4)29-24(27)23(15-10-17(2)3)28(26(29)32)16-19-11-13-20(14-12-19)21-8-6-7-9-22(21)25(30)31/h6-9,11-14,17-18H,5,10,15-16H2,1-4H3,(H,30,31). The number of aromatic nitrogens is 2. The number of hydrogen-bond donors (Lipinski definition) is 1. The van der Waals surface area contributed by atoms with Gasteiger partial charge in [0.15, 0.2) is 0 Å².